The maximum absolute atomic E-state index is 11.6. The van der Waals surface area contributed by atoms with Crippen molar-refractivity contribution >= 4 is 21.2 Å². The molecule has 0 amide bonds. The zero-order valence-corrected chi connectivity index (χ0v) is 9.36. The van der Waals surface area contributed by atoms with Crippen molar-refractivity contribution in [2.45, 2.75) is 24.1 Å². The maximum Gasteiger partial charge on any atom is 0.210 e. The summed E-state index contributed by atoms with van der Waals surface area (Å²) < 4.78 is 23.2. The third-order valence-corrected chi connectivity index (χ3v) is 4.80. The standard InChI is InChI=1S/C8H10N2O2S2/c1-2-3-4-14(11,12)8-10-6-7(5-9)13-8/h6H,2-4H2,1H3. The summed E-state index contributed by atoms with van der Waals surface area (Å²) in [5, 5.41) is 8.52. The predicted octanol–water partition coefficient (Wildman–Crippen LogP) is 1.59. The second-order valence-corrected chi connectivity index (χ2v) is 6.09. The molecular weight excluding hydrogens is 220 g/mol. The van der Waals surface area contributed by atoms with Crippen LogP contribution in [0.15, 0.2) is 10.5 Å². The Bertz CT molecular complexity index is 442. The maximum atomic E-state index is 11.6. The van der Waals surface area contributed by atoms with Crippen molar-refractivity contribution in [1.29, 1.82) is 5.26 Å². The van der Waals surface area contributed by atoms with Crippen LogP contribution in [0.4, 0.5) is 0 Å². The van der Waals surface area contributed by atoms with Crippen LogP contribution in [0, 0.1) is 11.3 Å². The van der Waals surface area contributed by atoms with E-state index in [1.807, 2.05) is 13.0 Å². The number of nitriles is 1. The monoisotopic (exact) mass is 230 g/mol. The zero-order valence-electron chi connectivity index (χ0n) is 7.73. The fourth-order valence-electron chi connectivity index (χ4n) is 0.875. The Hall–Kier alpha value is -0.930. The average molecular weight is 230 g/mol. The highest BCUT2D eigenvalue weighted by Crippen LogP contribution is 2.19. The second-order valence-electron chi connectivity index (χ2n) is 2.77. The highest BCUT2D eigenvalue weighted by atomic mass is 32.2. The molecule has 0 aliphatic heterocycles. The number of hydrogen-bond donors (Lipinski definition) is 0. The Morgan fingerprint density at radius 1 is 1.64 bits per heavy atom. The first kappa shape index (κ1) is 11.1. The molecule has 1 heterocycles. The predicted molar refractivity (Wildman–Crippen MR) is 53.8 cm³/mol. The van der Waals surface area contributed by atoms with E-state index < -0.39 is 9.84 Å². The molecule has 0 spiro atoms. The van der Waals surface area contributed by atoms with Crippen LogP contribution in [0.1, 0.15) is 24.6 Å². The lowest BCUT2D eigenvalue weighted by atomic mass is 10.4. The number of rotatable bonds is 4. The van der Waals surface area contributed by atoms with Gasteiger partial charge in [0.15, 0.2) is 0 Å². The van der Waals surface area contributed by atoms with Crippen molar-refractivity contribution in [2.24, 2.45) is 0 Å². The van der Waals surface area contributed by atoms with E-state index >= 15 is 0 Å². The molecule has 76 valence electrons. The Balaban J connectivity index is 2.88. The fraction of sp³-hybridized carbons (Fsp3) is 0.500. The van der Waals surface area contributed by atoms with Gasteiger partial charge >= 0.3 is 0 Å². The van der Waals surface area contributed by atoms with Gasteiger partial charge in [0.25, 0.3) is 0 Å². The molecule has 0 saturated heterocycles. The minimum Gasteiger partial charge on any atom is -0.232 e. The first-order valence-corrected chi connectivity index (χ1v) is 6.65. The van der Waals surface area contributed by atoms with Crippen LogP contribution in [0.2, 0.25) is 0 Å². The minimum absolute atomic E-state index is 0.0579. The molecule has 1 aromatic heterocycles. The molecule has 0 saturated carbocycles. The smallest absolute Gasteiger partial charge is 0.210 e. The van der Waals surface area contributed by atoms with Gasteiger partial charge in [0, 0.05) is 0 Å². The summed E-state index contributed by atoms with van der Waals surface area (Å²) >= 11 is 0.930. The Kier molecular flexibility index (Phi) is 3.61. The first-order chi connectivity index (χ1) is 6.60. The van der Waals surface area contributed by atoms with Gasteiger partial charge in [0.2, 0.25) is 14.2 Å². The van der Waals surface area contributed by atoms with Crippen LogP contribution < -0.4 is 0 Å². The average Bonchev–Trinajstić information content (AvgIpc) is 2.63. The molecule has 1 aromatic rings. The lowest BCUT2D eigenvalue weighted by molar-refractivity contribution is 0.592. The molecular formula is C8H10N2O2S2. The molecule has 0 fully saturated rings. The lowest BCUT2D eigenvalue weighted by Gasteiger charge is -1.97. The number of sulfone groups is 1. The molecule has 0 aliphatic rings. The van der Waals surface area contributed by atoms with Crippen molar-refractivity contribution in [2.75, 3.05) is 5.75 Å². The van der Waals surface area contributed by atoms with Crippen molar-refractivity contribution in [3.05, 3.63) is 11.1 Å². The second kappa shape index (κ2) is 4.53. The van der Waals surface area contributed by atoms with Crippen molar-refractivity contribution in [1.82, 2.24) is 4.98 Å². The largest absolute Gasteiger partial charge is 0.232 e. The summed E-state index contributed by atoms with van der Waals surface area (Å²) in [5.74, 6) is 0.113. The Morgan fingerprint density at radius 3 is 2.86 bits per heavy atom. The molecule has 1 rings (SSSR count). The van der Waals surface area contributed by atoms with Gasteiger partial charge < -0.3 is 0 Å². The summed E-state index contributed by atoms with van der Waals surface area (Å²) in [6.07, 6.45) is 2.75. The molecule has 0 unspecified atom stereocenters. The highest BCUT2D eigenvalue weighted by Gasteiger charge is 2.17. The van der Waals surface area contributed by atoms with Crippen molar-refractivity contribution in [3.63, 3.8) is 0 Å². The molecule has 0 aromatic carbocycles. The minimum atomic E-state index is -3.26. The third-order valence-electron chi connectivity index (χ3n) is 1.63. The summed E-state index contributed by atoms with van der Waals surface area (Å²) in [4.78, 5) is 4.05. The highest BCUT2D eigenvalue weighted by molar-refractivity contribution is 7.93. The van der Waals surface area contributed by atoms with E-state index in [4.69, 9.17) is 5.26 Å². The van der Waals surface area contributed by atoms with Crippen LogP contribution in [0.25, 0.3) is 0 Å². The van der Waals surface area contributed by atoms with E-state index in [2.05, 4.69) is 4.98 Å². The normalized spacial score (nSPS) is 11.1. The number of thiazole rings is 1. The van der Waals surface area contributed by atoms with Crippen molar-refractivity contribution in [3.8, 4) is 6.07 Å². The Labute approximate surface area is 87.1 Å². The summed E-state index contributed by atoms with van der Waals surface area (Å²) in [5.41, 5.74) is 0. The third kappa shape index (κ3) is 2.53. The summed E-state index contributed by atoms with van der Waals surface area (Å²) in [6, 6.07) is 1.87. The van der Waals surface area contributed by atoms with Gasteiger partial charge in [-0.15, -0.1) is 0 Å². The van der Waals surface area contributed by atoms with Crippen molar-refractivity contribution < 1.29 is 8.42 Å². The fourth-order valence-corrected chi connectivity index (χ4v) is 3.40. The molecule has 0 atom stereocenters. The van der Waals surface area contributed by atoms with E-state index in [1.165, 1.54) is 6.20 Å². The molecule has 14 heavy (non-hydrogen) atoms. The molecule has 0 aliphatic carbocycles. The van der Waals surface area contributed by atoms with E-state index in [-0.39, 0.29) is 10.1 Å². The van der Waals surface area contributed by atoms with Gasteiger partial charge in [-0.1, -0.05) is 24.7 Å². The number of unbranched alkanes of at least 4 members (excludes halogenated alkanes) is 1. The molecule has 0 radical (unpaired) electrons. The molecule has 6 heteroatoms. The van der Waals surface area contributed by atoms with Gasteiger partial charge in [0.1, 0.15) is 10.9 Å². The van der Waals surface area contributed by atoms with E-state index in [1.54, 1.807) is 0 Å². The summed E-state index contributed by atoms with van der Waals surface area (Å²) in [7, 11) is -3.26. The van der Waals surface area contributed by atoms with Crippen LogP contribution in [0.3, 0.4) is 0 Å². The van der Waals surface area contributed by atoms with E-state index in [9.17, 15) is 8.42 Å². The number of nitrogens with zero attached hydrogens (tertiary/aromatic N) is 2. The Morgan fingerprint density at radius 2 is 2.36 bits per heavy atom. The molecule has 0 bridgehead atoms. The van der Waals surface area contributed by atoms with Gasteiger partial charge in [-0.25, -0.2) is 13.4 Å². The first-order valence-electron chi connectivity index (χ1n) is 4.19. The van der Waals surface area contributed by atoms with Crippen LogP contribution >= 0.6 is 11.3 Å². The lowest BCUT2D eigenvalue weighted by Crippen LogP contribution is -2.05. The van der Waals surface area contributed by atoms with E-state index in [0.29, 0.717) is 11.3 Å². The van der Waals surface area contributed by atoms with Gasteiger partial charge in [-0.3, -0.25) is 0 Å². The topological polar surface area (TPSA) is 70.8 Å². The van der Waals surface area contributed by atoms with Gasteiger partial charge in [-0.05, 0) is 6.42 Å². The summed E-state index contributed by atoms with van der Waals surface area (Å²) in [6.45, 7) is 1.93. The van der Waals surface area contributed by atoms with Gasteiger partial charge in [-0.2, -0.15) is 5.26 Å². The van der Waals surface area contributed by atoms with E-state index in [0.717, 1.165) is 17.8 Å². The number of hydrogen-bond acceptors (Lipinski definition) is 5. The van der Waals surface area contributed by atoms with Crippen LogP contribution in [-0.4, -0.2) is 19.2 Å². The van der Waals surface area contributed by atoms with Gasteiger partial charge in [0.05, 0.1) is 11.9 Å². The van der Waals surface area contributed by atoms with Crippen LogP contribution in [0.5, 0.6) is 0 Å². The molecule has 0 N–H and O–H groups in total. The number of aromatic nitrogens is 1. The zero-order chi connectivity index (χ0) is 10.6. The quantitative estimate of drug-likeness (QED) is 0.787. The van der Waals surface area contributed by atoms with Crippen LogP contribution in [-0.2, 0) is 9.84 Å². The SMILES string of the molecule is CCCCS(=O)(=O)c1ncc(C#N)s1. The molecule has 4 nitrogen and oxygen atoms in total.